The van der Waals surface area contributed by atoms with Crippen LogP contribution in [0.4, 0.5) is 20.2 Å². The maximum absolute atomic E-state index is 14.3. The average molecular weight is 491 g/mol. The van der Waals surface area contributed by atoms with E-state index in [1.165, 1.54) is 49.1 Å². The number of nitrogens with one attached hydrogen (secondary N) is 1. The van der Waals surface area contributed by atoms with Gasteiger partial charge in [-0.25, -0.2) is 17.2 Å². The molecule has 3 rings (SSSR count). The zero-order valence-corrected chi connectivity index (χ0v) is 19.6. The van der Waals surface area contributed by atoms with E-state index in [-0.39, 0.29) is 28.6 Å². The number of rotatable bonds is 8. The van der Waals surface area contributed by atoms with Crippen LogP contribution in [0.25, 0.3) is 11.1 Å². The number of pyridine rings is 1. The van der Waals surface area contributed by atoms with Crippen molar-refractivity contribution in [2.75, 3.05) is 22.8 Å². The highest BCUT2D eigenvalue weighted by atomic mass is 32.2. The van der Waals surface area contributed by atoms with Crippen molar-refractivity contribution < 1.29 is 21.9 Å². The number of ether oxygens (including phenoxy) is 1. The summed E-state index contributed by atoms with van der Waals surface area (Å²) in [5.74, 6) is -1.96. The van der Waals surface area contributed by atoms with Crippen molar-refractivity contribution in [2.24, 2.45) is 12.0 Å². The third kappa shape index (κ3) is 5.42. The Hall–Kier alpha value is -3.73. The number of hydrogen-bond acceptors (Lipinski definition) is 6. The van der Waals surface area contributed by atoms with Crippen molar-refractivity contribution >= 4 is 27.6 Å². The number of halogens is 2. The lowest BCUT2D eigenvalue weighted by Crippen LogP contribution is -2.22. The second-order valence-corrected chi connectivity index (χ2v) is 9.32. The minimum absolute atomic E-state index is 0.0735. The van der Waals surface area contributed by atoms with Gasteiger partial charge in [0.25, 0.3) is 5.56 Å². The van der Waals surface area contributed by atoms with E-state index in [2.05, 4.69) is 9.71 Å². The molecule has 3 N–H and O–H groups in total. The predicted octanol–water partition coefficient (Wildman–Crippen LogP) is 3.91. The Bertz CT molecular complexity index is 1420. The lowest BCUT2D eigenvalue weighted by Gasteiger charge is -2.17. The number of aromatic nitrogens is 1. The van der Waals surface area contributed by atoms with Gasteiger partial charge in [-0.1, -0.05) is 0 Å². The normalized spacial score (nSPS) is 11.7. The van der Waals surface area contributed by atoms with Crippen LogP contribution in [0.1, 0.15) is 19.4 Å². The topological polar surface area (TPSA) is 116 Å². The van der Waals surface area contributed by atoms with Crippen LogP contribution in [0.3, 0.4) is 0 Å². The van der Waals surface area contributed by atoms with Crippen molar-refractivity contribution in [3.63, 3.8) is 0 Å². The van der Waals surface area contributed by atoms with Gasteiger partial charge in [-0.3, -0.25) is 14.5 Å². The summed E-state index contributed by atoms with van der Waals surface area (Å²) in [6, 6.07) is 7.23. The predicted molar refractivity (Wildman–Crippen MR) is 129 cm³/mol. The zero-order chi connectivity index (χ0) is 25.0. The molecule has 8 nitrogen and oxygen atoms in total. The van der Waals surface area contributed by atoms with Gasteiger partial charge >= 0.3 is 0 Å². The van der Waals surface area contributed by atoms with Gasteiger partial charge in [0.2, 0.25) is 10.0 Å². The zero-order valence-electron chi connectivity index (χ0n) is 18.8. The van der Waals surface area contributed by atoms with Crippen molar-refractivity contribution in [3.05, 3.63) is 70.1 Å². The number of nitrogens with two attached hydrogens (primary N) is 1. The molecule has 0 atom stereocenters. The minimum Gasteiger partial charge on any atom is -0.454 e. The summed E-state index contributed by atoms with van der Waals surface area (Å²) < 4.78 is 61.3. The number of aliphatic imine (C=N–C) groups is 1. The molecular weight excluding hydrogens is 466 g/mol. The van der Waals surface area contributed by atoms with Crippen LogP contribution in [0.2, 0.25) is 0 Å². The summed E-state index contributed by atoms with van der Waals surface area (Å²) in [6.45, 7) is 3.72. The third-order valence-electron chi connectivity index (χ3n) is 4.89. The van der Waals surface area contributed by atoms with Crippen molar-refractivity contribution in [1.29, 1.82) is 0 Å². The number of hydrogen-bond donors (Lipinski definition) is 2. The average Bonchev–Trinajstić information content (AvgIpc) is 2.79. The van der Waals surface area contributed by atoms with Gasteiger partial charge < -0.3 is 15.0 Å². The molecule has 0 aliphatic heterocycles. The van der Waals surface area contributed by atoms with Crippen LogP contribution in [0, 0.1) is 11.6 Å². The standard InChI is InChI=1S/C23H24F2N4O4S/c1-4-27-12-17-18(13-29(3)23(30)22(17)26)16-11-15(28-34(31,32)5-2)7-9-20(16)33-21-8-6-14(24)10-19(21)25/h6-13,28H,4-5,26H2,1-3H3. The largest absolute Gasteiger partial charge is 0.454 e. The van der Waals surface area contributed by atoms with Crippen molar-refractivity contribution in [1.82, 2.24) is 4.57 Å². The second kappa shape index (κ2) is 10.0. The monoisotopic (exact) mass is 490 g/mol. The highest BCUT2D eigenvalue weighted by molar-refractivity contribution is 7.92. The fraction of sp³-hybridized carbons (Fsp3) is 0.217. The first-order chi connectivity index (χ1) is 16.1. The van der Waals surface area contributed by atoms with E-state index in [1.54, 1.807) is 6.92 Å². The van der Waals surface area contributed by atoms with Crippen molar-refractivity contribution in [2.45, 2.75) is 13.8 Å². The molecule has 0 bridgehead atoms. The van der Waals surface area contributed by atoms with Gasteiger partial charge in [0.15, 0.2) is 11.6 Å². The van der Waals surface area contributed by atoms with Gasteiger partial charge in [-0.15, -0.1) is 0 Å². The second-order valence-electron chi connectivity index (χ2n) is 7.31. The molecule has 1 aromatic heterocycles. The molecule has 1 heterocycles. The molecule has 34 heavy (non-hydrogen) atoms. The molecule has 0 spiro atoms. The summed E-state index contributed by atoms with van der Waals surface area (Å²) >= 11 is 0. The van der Waals surface area contributed by atoms with E-state index in [9.17, 15) is 22.0 Å². The Balaban J connectivity index is 2.28. The van der Waals surface area contributed by atoms with Crippen LogP contribution >= 0.6 is 0 Å². The summed E-state index contributed by atoms with van der Waals surface area (Å²) in [4.78, 5) is 16.6. The van der Waals surface area contributed by atoms with E-state index < -0.39 is 27.2 Å². The molecule has 0 saturated heterocycles. The Morgan fingerprint density at radius 3 is 2.47 bits per heavy atom. The maximum atomic E-state index is 14.3. The molecule has 2 aromatic carbocycles. The Labute approximate surface area is 195 Å². The summed E-state index contributed by atoms with van der Waals surface area (Å²) in [6.07, 6.45) is 2.94. The third-order valence-corrected chi connectivity index (χ3v) is 6.20. The van der Waals surface area contributed by atoms with E-state index in [4.69, 9.17) is 10.5 Å². The van der Waals surface area contributed by atoms with Crippen LogP contribution in [0.5, 0.6) is 11.5 Å². The first-order valence-electron chi connectivity index (χ1n) is 10.3. The molecule has 0 fully saturated rings. The molecule has 0 amide bonds. The fourth-order valence-electron chi connectivity index (χ4n) is 3.13. The Morgan fingerprint density at radius 2 is 1.82 bits per heavy atom. The lowest BCUT2D eigenvalue weighted by atomic mass is 9.99. The maximum Gasteiger partial charge on any atom is 0.274 e. The van der Waals surface area contributed by atoms with Crippen LogP contribution in [0.15, 0.2) is 52.4 Å². The first kappa shape index (κ1) is 24.9. The van der Waals surface area contributed by atoms with Gasteiger partial charge in [-0.2, -0.15) is 0 Å². The summed E-state index contributed by atoms with van der Waals surface area (Å²) in [7, 11) is -2.09. The number of nitrogen functional groups attached to an aromatic ring is 1. The van der Waals surface area contributed by atoms with Gasteiger partial charge in [-0.05, 0) is 44.2 Å². The van der Waals surface area contributed by atoms with Crippen molar-refractivity contribution in [3.8, 4) is 22.6 Å². The number of nitrogens with zero attached hydrogens (tertiary/aromatic N) is 2. The molecule has 3 aromatic rings. The Kier molecular flexibility index (Phi) is 7.35. The molecule has 180 valence electrons. The highest BCUT2D eigenvalue weighted by Gasteiger charge is 2.19. The highest BCUT2D eigenvalue weighted by Crippen LogP contribution is 2.38. The molecule has 11 heteroatoms. The minimum atomic E-state index is -3.60. The SMILES string of the molecule is CCN=Cc1c(-c2cc(NS(=O)(=O)CC)ccc2Oc2ccc(F)cc2F)cn(C)c(=O)c1N. The Morgan fingerprint density at radius 1 is 1.12 bits per heavy atom. The van der Waals surface area contributed by atoms with Crippen LogP contribution in [-0.2, 0) is 17.1 Å². The molecular formula is C23H24F2N4O4S. The van der Waals surface area contributed by atoms with Crippen LogP contribution in [-0.4, -0.2) is 31.5 Å². The van der Waals surface area contributed by atoms with Crippen LogP contribution < -0.4 is 20.8 Å². The van der Waals surface area contributed by atoms with Gasteiger partial charge in [0.1, 0.15) is 17.3 Å². The number of anilines is 2. The molecule has 0 aliphatic rings. The quantitative estimate of drug-likeness (QED) is 0.465. The number of benzene rings is 2. The number of aryl methyl sites for hydroxylation is 1. The molecule has 0 unspecified atom stereocenters. The molecule has 0 aliphatic carbocycles. The smallest absolute Gasteiger partial charge is 0.274 e. The fourth-order valence-corrected chi connectivity index (χ4v) is 3.76. The van der Waals surface area contributed by atoms with E-state index in [1.807, 2.05) is 0 Å². The molecule has 0 radical (unpaired) electrons. The summed E-state index contributed by atoms with van der Waals surface area (Å²) in [5.41, 5.74) is 6.78. The van der Waals surface area contributed by atoms with E-state index in [0.717, 1.165) is 12.1 Å². The van der Waals surface area contributed by atoms with Gasteiger partial charge in [0.05, 0.1) is 5.75 Å². The van der Waals surface area contributed by atoms with Gasteiger partial charge in [0, 0.05) is 54.4 Å². The number of sulfonamides is 1. The lowest BCUT2D eigenvalue weighted by molar-refractivity contribution is 0.439. The first-order valence-corrected chi connectivity index (χ1v) is 12.0. The summed E-state index contributed by atoms with van der Waals surface area (Å²) in [5, 5.41) is 0. The van der Waals surface area contributed by atoms with E-state index >= 15 is 0 Å². The molecule has 0 saturated carbocycles. The van der Waals surface area contributed by atoms with E-state index in [0.29, 0.717) is 29.3 Å².